The second kappa shape index (κ2) is 7.91. The van der Waals surface area contributed by atoms with E-state index in [4.69, 9.17) is 32.7 Å². The number of benzene rings is 2. The van der Waals surface area contributed by atoms with Crippen LogP contribution in [0.4, 0.5) is 0 Å². The Morgan fingerprint density at radius 3 is 2.32 bits per heavy atom. The van der Waals surface area contributed by atoms with Gasteiger partial charge in [0, 0.05) is 22.7 Å². The molecular formula is C19H18Cl2N2O2. The SMILES string of the molecule is CCc1c(COC)nn(-c2ccccc2)c1Oc1cc(Cl)cc(Cl)c1. The molecule has 0 N–H and O–H groups in total. The van der Waals surface area contributed by atoms with Crippen LogP contribution >= 0.6 is 23.2 Å². The summed E-state index contributed by atoms with van der Waals surface area (Å²) in [6.45, 7) is 2.47. The monoisotopic (exact) mass is 376 g/mol. The molecule has 0 bridgehead atoms. The molecule has 6 heteroatoms. The number of hydrogen-bond donors (Lipinski definition) is 0. The lowest BCUT2D eigenvalue weighted by atomic mass is 10.2. The highest BCUT2D eigenvalue weighted by molar-refractivity contribution is 6.34. The lowest BCUT2D eigenvalue weighted by Gasteiger charge is -2.11. The molecule has 1 aromatic heterocycles. The average molecular weight is 377 g/mol. The molecule has 3 aromatic rings. The van der Waals surface area contributed by atoms with E-state index in [0.29, 0.717) is 28.3 Å². The molecule has 0 aliphatic carbocycles. The van der Waals surface area contributed by atoms with E-state index in [1.54, 1.807) is 30.0 Å². The maximum Gasteiger partial charge on any atom is 0.226 e. The summed E-state index contributed by atoms with van der Waals surface area (Å²) in [7, 11) is 1.65. The third-order valence-corrected chi connectivity index (χ3v) is 4.14. The van der Waals surface area contributed by atoms with Crippen molar-refractivity contribution >= 4 is 23.2 Å². The maximum atomic E-state index is 6.15. The van der Waals surface area contributed by atoms with Gasteiger partial charge in [0.1, 0.15) is 5.75 Å². The van der Waals surface area contributed by atoms with Gasteiger partial charge < -0.3 is 9.47 Å². The van der Waals surface area contributed by atoms with E-state index in [9.17, 15) is 0 Å². The largest absolute Gasteiger partial charge is 0.438 e. The summed E-state index contributed by atoms with van der Waals surface area (Å²) >= 11 is 12.2. The summed E-state index contributed by atoms with van der Waals surface area (Å²) in [5.74, 6) is 1.20. The van der Waals surface area contributed by atoms with Crippen LogP contribution in [0.25, 0.3) is 5.69 Å². The molecule has 0 atom stereocenters. The number of methoxy groups -OCH3 is 1. The van der Waals surface area contributed by atoms with Gasteiger partial charge in [-0.3, -0.25) is 0 Å². The van der Waals surface area contributed by atoms with Gasteiger partial charge in [-0.15, -0.1) is 0 Å². The van der Waals surface area contributed by atoms with Crippen molar-refractivity contribution in [2.75, 3.05) is 7.11 Å². The zero-order valence-corrected chi connectivity index (χ0v) is 15.5. The minimum atomic E-state index is 0.412. The van der Waals surface area contributed by atoms with E-state index in [0.717, 1.165) is 23.4 Å². The highest BCUT2D eigenvalue weighted by Gasteiger charge is 2.20. The summed E-state index contributed by atoms with van der Waals surface area (Å²) in [6.07, 6.45) is 0.759. The molecule has 4 nitrogen and oxygen atoms in total. The van der Waals surface area contributed by atoms with Crippen LogP contribution in [0.15, 0.2) is 48.5 Å². The van der Waals surface area contributed by atoms with Gasteiger partial charge in [-0.05, 0) is 36.8 Å². The van der Waals surface area contributed by atoms with Crippen molar-refractivity contribution < 1.29 is 9.47 Å². The third kappa shape index (κ3) is 3.98. The molecule has 2 aromatic carbocycles. The Labute approximate surface area is 156 Å². The molecule has 0 spiro atoms. The van der Waals surface area contributed by atoms with Crippen LogP contribution in [0.3, 0.4) is 0 Å². The van der Waals surface area contributed by atoms with E-state index in [2.05, 4.69) is 12.0 Å². The second-order valence-electron chi connectivity index (χ2n) is 5.47. The Hall–Kier alpha value is -2.01. The molecule has 0 radical (unpaired) electrons. The molecule has 0 aliphatic heterocycles. The predicted octanol–water partition coefficient (Wildman–Crippen LogP) is 5.68. The lowest BCUT2D eigenvalue weighted by Crippen LogP contribution is -2.00. The van der Waals surface area contributed by atoms with Crippen LogP contribution in [0, 0.1) is 0 Å². The topological polar surface area (TPSA) is 36.3 Å². The van der Waals surface area contributed by atoms with Gasteiger partial charge in [-0.1, -0.05) is 48.3 Å². The summed E-state index contributed by atoms with van der Waals surface area (Å²) in [5, 5.41) is 5.72. The minimum absolute atomic E-state index is 0.412. The van der Waals surface area contributed by atoms with E-state index in [1.807, 2.05) is 30.3 Å². The van der Waals surface area contributed by atoms with Crippen LogP contribution < -0.4 is 4.74 Å². The number of para-hydroxylation sites is 1. The van der Waals surface area contributed by atoms with Crippen molar-refractivity contribution in [1.29, 1.82) is 0 Å². The third-order valence-electron chi connectivity index (χ3n) is 3.71. The molecule has 3 rings (SSSR count). The number of rotatable bonds is 6. The standard InChI is InChI=1S/C19H18Cl2N2O2/c1-3-17-18(12-24-2)22-23(15-7-5-4-6-8-15)19(17)25-16-10-13(20)9-14(21)11-16/h4-11H,3,12H2,1-2H3. The minimum Gasteiger partial charge on any atom is -0.438 e. The maximum absolute atomic E-state index is 6.15. The Morgan fingerprint density at radius 1 is 1.04 bits per heavy atom. The zero-order chi connectivity index (χ0) is 17.8. The molecule has 0 aliphatic rings. The van der Waals surface area contributed by atoms with Crippen LogP contribution in [0.5, 0.6) is 11.6 Å². The molecule has 0 saturated heterocycles. The van der Waals surface area contributed by atoms with Crippen LogP contribution in [-0.4, -0.2) is 16.9 Å². The second-order valence-corrected chi connectivity index (χ2v) is 6.34. The summed E-state index contributed by atoms with van der Waals surface area (Å²) in [6, 6.07) is 14.9. The first-order valence-corrected chi connectivity index (χ1v) is 8.67. The van der Waals surface area contributed by atoms with Crippen molar-refractivity contribution in [2.24, 2.45) is 0 Å². The van der Waals surface area contributed by atoms with E-state index < -0.39 is 0 Å². The van der Waals surface area contributed by atoms with Gasteiger partial charge >= 0.3 is 0 Å². The van der Waals surface area contributed by atoms with E-state index >= 15 is 0 Å². The fraction of sp³-hybridized carbons (Fsp3) is 0.211. The zero-order valence-electron chi connectivity index (χ0n) is 14.0. The Bertz CT molecular complexity index is 843. The van der Waals surface area contributed by atoms with Crippen LogP contribution in [0.1, 0.15) is 18.2 Å². The highest BCUT2D eigenvalue weighted by atomic mass is 35.5. The summed E-state index contributed by atoms with van der Waals surface area (Å²) < 4.78 is 13.2. The number of halogens is 2. The summed E-state index contributed by atoms with van der Waals surface area (Å²) in [4.78, 5) is 0. The first kappa shape index (κ1) is 17.8. The molecule has 25 heavy (non-hydrogen) atoms. The van der Waals surface area contributed by atoms with Crippen molar-refractivity contribution in [2.45, 2.75) is 20.0 Å². The molecular weight excluding hydrogens is 359 g/mol. The van der Waals surface area contributed by atoms with Gasteiger partial charge in [0.15, 0.2) is 0 Å². The van der Waals surface area contributed by atoms with Crippen molar-refractivity contribution in [1.82, 2.24) is 9.78 Å². The Kier molecular flexibility index (Phi) is 5.63. The number of aromatic nitrogens is 2. The van der Waals surface area contributed by atoms with Gasteiger partial charge in [-0.25, -0.2) is 4.68 Å². The number of hydrogen-bond acceptors (Lipinski definition) is 3. The number of nitrogens with zero attached hydrogens (tertiary/aromatic N) is 2. The molecule has 0 saturated carbocycles. The van der Waals surface area contributed by atoms with Gasteiger partial charge in [0.05, 0.1) is 18.0 Å². The van der Waals surface area contributed by atoms with Crippen LogP contribution in [-0.2, 0) is 17.8 Å². The highest BCUT2D eigenvalue weighted by Crippen LogP contribution is 2.34. The number of ether oxygens (including phenoxy) is 2. The van der Waals surface area contributed by atoms with Crippen molar-refractivity contribution in [3.05, 3.63) is 69.8 Å². The van der Waals surface area contributed by atoms with Crippen LogP contribution in [0.2, 0.25) is 10.0 Å². The molecule has 130 valence electrons. The van der Waals surface area contributed by atoms with Crippen molar-refractivity contribution in [3.63, 3.8) is 0 Å². The van der Waals surface area contributed by atoms with Gasteiger partial charge in [0.2, 0.25) is 5.88 Å². The van der Waals surface area contributed by atoms with Crippen molar-refractivity contribution in [3.8, 4) is 17.3 Å². The average Bonchev–Trinajstić information content (AvgIpc) is 2.92. The van der Waals surface area contributed by atoms with E-state index in [-0.39, 0.29) is 0 Å². The molecule has 0 unspecified atom stereocenters. The predicted molar refractivity (Wildman–Crippen MR) is 100 cm³/mol. The Morgan fingerprint density at radius 2 is 1.72 bits per heavy atom. The van der Waals surface area contributed by atoms with E-state index in [1.165, 1.54) is 0 Å². The lowest BCUT2D eigenvalue weighted by molar-refractivity contribution is 0.180. The Balaban J connectivity index is 2.12. The summed E-state index contributed by atoms with van der Waals surface area (Å²) in [5.41, 5.74) is 2.74. The van der Waals surface area contributed by atoms with Gasteiger partial charge in [-0.2, -0.15) is 5.10 Å². The smallest absolute Gasteiger partial charge is 0.226 e. The first-order chi connectivity index (χ1) is 12.1. The fourth-order valence-electron chi connectivity index (χ4n) is 2.63. The quantitative estimate of drug-likeness (QED) is 0.555. The molecule has 0 amide bonds. The van der Waals surface area contributed by atoms with Gasteiger partial charge in [0.25, 0.3) is 0 Å². The first-order valence-electron chi connectivity index (χ1n) is 7.91. The normalized spacial score (nSPS) is 10.9. The molecule has 1 heterocycles. The molecule has 0 fully saturated rings. The fourth-order valence-corrected chi connectivity index (χ4v) is 3.14.